The molecule has 1 unspecified atom stereocenters. The maximum Gasteiger partial charge on any atom is 0.255 e. The van der Waals surface area contributed by atoms with Gasteiger partial charge >= 0.3 is 0 Å². The molecule has 1 aliphatic rings. The van der Waals surface area contributed by atoms with Gasteiger partial charge in [0.25, 0.3) is 5.91 Å². The molecular weight excluding hydrogens is 462 g/mol. The summed E-state index contributed by atoms with van der Waals surface area (Å²) >= 11 is 5.98. The Morgan fingerprint density at radius 3 is 2.63 bits per heavy atom. The zero-order valence-corrected chi connectivity index (χ0v) is 20.1. The Hall–Kier alpha value is -4.10. The first-order valence-electron chi connectivity index (χ1n) is 11.2. The molecule has 0 radical (unpaired) electrons. The van der Waals surface area contributed by atoms with E-state index in [9.17, 15) is 4.79 Å². The van der Waals surface area contributed by atoms with Crippen molar-refractivity contribution in [3.8, 4) is 5.75 Å². The highest BCUT2D eigenvalue weighted by atomic mass is 35.5. The topological polar surface area (TPSA) is 81.1 Å². The van der Waals surface area contributed by atoms with Crippen molar-refractivity contribution in [2.24, 2.45) is 0 Å². The largest absolute Gasteiger partial charge is 0.489 e. The highest BCUT2D eigenvalue weighted by Gasteiger charge is 2.33. The second kappa shape index (κ2) is 9.64. The normalized spacial score (nSPS) is 14.8. The van der Waals surface area contributed by atoms with E-state index in [1.54, 1.807) is 4.68 Å². The minimum Gasteiger partial charge on any atom is -0.489 e. The van der Waals surface area contributed by atoms with Gasteiger partial charge in [-0.25, -0.2) is 4.68 Å². The summed E-state index contributed by atoms with van der Waals surface area (Å²) in [6.45, 7) is 4.28. The lowest BCUT2D eigenvalue weighted by Gasteiger charge is -2.29. The number of benzene rings is 3. The third-order valence-electron chi connectivity index (χ3n) is 5.84. The molecule has 2 N–H and O–H groups in total. The molecule has 0 bridgehead atoms. The van der Waals surface area contributed by atoms with Crippen LogP contribution in [-0.4, -0.2) is 20.7 Å². The van der Waals surface area contributed by atoms with Crippen molar-refractivity contribution in [1.82, 2.24) is 14.8 Å². The van der Waals surface area contributed by atoms with Crippen LogP contribution in [0.3, 0.4) is 0 Å². The summed E-state index contributed by atoms with van der Waals surface area (Å²) < 4.78 is 7.76. The van der Waals surface area contributed by atoms with Gasteiger partial charge in [0.2, 0.25) is 5.95 Å². The number of nitrogens with zero attached hydrogens (tertiary/aromatic N) is 3. The van der Waals surface area contributed by atoms with E-state index in [0.29, 0.717) is 34.6 Å². The molecule has 1 aliphatic heterocycles. The van der Waals surface area contributed by atoms with Crippen molar-refractivity contribution < 1.29 is 9.53 Å². The maximum atomic E-state index is 13.5. The van der Waals surface area contributed by atoms with Gasteiger partial charge in [-0.1, -0.05) is 53.6 Å². The van der Waals surface area contributed by atoms with Gasteiger partial charge in [0.1, 0.15) is 24.7 Å². The van der Waals surface area contributed by atoms with Crippen molar-refractivity contribution in [1.29, 1.82) is 0 Å². The van der Waals surface area contributed by atoms with E-state index in [1.807, 2.05) is 86.6 Å². The van der Waals surface area contributed by atoms with E-state index < -0.39 is 6.04 Å². The minimum absolute atomic E-state index is 0.211. The summed E-state index contributed by atoms with van der Waals surface area (Å²) in [5.41, 5.74) is 4.99. The van der Waals surface area contributed by atoms with E-state index in [1.165, 1.54) is 6.33 Å². The van der Waals surface area contributed by atoms with Crippen LogP contribution >= 0.6 is 11.6 Å². The first-order chi connectivity index (χ1) is 17.0. The van der Waals surface area contributed by atoms with Gasteiger partial charge in [-0.15, -0.1) is 0 Å². The van der Waals surface area contributed by atoms with Crippen LogP contribution in [0.1, 0.15) is 29.7 Å². The van der Waals surface area contributed by atoms with Gasteiger partial charge < -0.3 is 15.4 Å². The van der Waals surface area contributed by atoms with E-state index in [2.05, 4.69) is 20.7 Å². The number of fused-ring (bicyclic) bond motifs is 1. The number of rotatable bonds is 6. The lowest BCUT2D eigenvalue weighted by Crippen LogP contribution is -2.31. The van der Waals surface area contributed by atoms with Crippen LogP contribution < -0.4 is 15.4 Å². The zero-order chi connectivity index (χ0) is 24.4. The lowest BCUT2D eigenvalue weighted by molar-refractivity contribution is -0.113. The Bertz CT molecular complexity index is 1390. The van der Waals surface area contributed by atoms with Gasteiger partial charge in [0.15, 0.2) is 0 Å². The summed E-state index contributed by atoms with van der Waals surface area (Å²) in [5.74, 6) is 1.05. The second-order valence-corrected chi connectivity index (χ2v) is 8.84. The number of ether oxygens (including phenoxy) is 1. The highest BCUT2D eigenvalue weighted by molar-refractivity contribution is 6.30. The predicted molar refractivity (Wildman–Crippen MR) is 137 cm³/mol. The number of aryl methyl sites for hydroxylation is 1. The fourth-order valence-corrected chi connectivity index (χ4v) is 4.18. The van der Waals surface area contributed by atoms with Gasteiger partial charge in [-0.3, -0.25) is 4.79 Å². The SMILES string of the molecule is CC1=C(C(=O)Nc2ccc(C)cc2)C(c2cccc(OCc3ccc(Cl)cc3)c2)n2ncnc2N1. The van der Waals surface area contributed by atoms with Crippen LogP contribution in [0.2, 0.25) is 5.02 Å². The molecule has 1 amide bonds. The Labute approximate surface area is 208 Å². The summed E-state index contributed by atoms with van der Waals surface area (Å²) in [6.07, 6.45) is 1.48. The van der Waals surface area contributed by atoms with E-state index in [0.717, 1.165) is 22.4 Å². The molecular formula is C27H24ClN5O2. The van der Waals surface area contributed by atoms with Gasteiger partial charge in [0, 0.05) is 16.4 Å². The Kier molecular flexibility index (Phi) is 6.25. The first-order valence-corrected chi connectivity index (χ1v) is 11.6. The monoisotopic (exact) mass is 485 g/mol. The predicted octanol–water partition coefficient (Wildman–Crippen LogP) is 5.75. The molecule has 0 saturated heterocycles. The van der Waals surface area contributed by atoms with Gasteiger partial charge in [-0.2, -0.15) is 10.1 Å². The molecule has 1 atom stereocenters. The third kappa shape index (κ3) is 4.90. The molecule has 0 saturated carbocycles. The summed E-state index contributed by atoms with van der Waals surface area (Å²) in [4.78, 5) is 17.8. The molecule has 3 aromatic carbocycles. The summed E-state index contributed by atoms with van der Waals surface area (Å²) in [7, 11) is 0. The third-order valence-corrected chi connectivity index (χ3v) is 6.09. The fraction of sp³-hybridized carbons (Fsp3) is 0.148. The van der Waals surface area contributed by atoms with Crippen LogP contribution in [0.4, 0.5) is 11.6 Å². The van der Waals surface area contributed by atoms with Gasteiger partial charge in [-0.05, 0) is 61.4 Å². The summed E-state index contributed by atoms with van der Waals surface area (Å²) in [6, 6.07) is 22.5. The molecule has 0 fully saturated rings. The molecule has 0 aliphatic carbocycles. The number of carbonyl (C=O) groups excluding carboxylic acids is 1. The minimum atomic E-state index is -0.474. The zero-order valence-electron chi connectivity index (χ0n) is 19.3. The highest BCUT2D eigenvalue weighted by Crippen LogP contribution is 2.36. The van der Waals surface area contributed by atoms with Crippen molar-refractivity contribution in [2.75, 3.05) is 10.6 Å². The number of halogens is 1. The number of nitrogens with one attached hydrogen (secondary N) is 2. The van der Waals surface area contributed by atoms with E-state index >= 15 is 0 Å². The number of anilines is 2. The van der Waals surface area contributed by atoms with E-state index in [4.69, 9.17) is 16.3 Å². The first kappa shape index (κ1) is 22.7. The number of aromatic nitrogens is 3. The average Bonchev–Trinajstić information content (AvgIpc) is 3.32. The van der Waals surface area contributed by atoms with Crippen molar-refractivity contribution >= 4 is 29.1 Å². The van der Waals surface area contributed by atoms with Crippen molar-refractivity contribution in [3.05, 3.63) is 112 Å². The van der Waals surface area contributed by atoms with Crippen LogP contribution in [0.25, 0.3) is 0 Å². The fourth-order valence-electron chi connectivity index (χ4n) is 4.05. The standard InChI is InChI=1S/C27H24ClN5O2/c1-17-6-12-22(13-7-17)32-26(34)24-18(2)31-27-29-16-30-33(27)25(24)20-4-3-5-23(14-20)35-15-19-8-10-21(28)11-9-19/h3-14,16,25H,15H2,1-2H3,(H,32,34)(H,29,30,31). The van der Waals surface area contributed by atoms with Crippen molar-refractivity contribution in [3.63, 3.8) is 0 Å². The van der Waals surface area contributed by atoms with Crippen LogP contribution in [0.15, 0.2) is 90.4 Å². The average molecular weight is 486 g/mol. The van der Waals surface area contributed by atoms with Gasteiger partial charge in [0.05, 0.1) is 5.57 Å². The smallest absolute Gasteiger partial charge is 0.255 e. The number of amides is 1. The number of allylic oxidation sites excluding steroid dienone is 1. The van der Waals surface area contributed by atoms with E-state index in [-0.39, 0.29) is 5.91 Å². The Morgan fingerprint density at radius 2 is 1.86 bits per heavy atom. The molecule has 5 rings (SSSR count). The van der Waals surface area contributed by atoms with Crippen LogP contribution in [0.5, 0.6) is 5.75 Å². The summed E-state index contributed by atoms with van der Waals surface area (Å²) in [5, 5.41) is 11.3. The quantitative estimate of drug-likeness (QED) is 0.363. The Balaban J connectivity index is 1.45. The maximum absolute atomic E-state index is 13.5. The Morgan fingerprint density at radius 1 is 1.09 bits per heavy atom. The number of hydrogen-bond donors (Lipinski definition) is 2. The molecule has 4 aromatic rings. The second-order valence-electron chi connectivity index (χ2n) is 8.40. The lowest BCUT2D eigenvalue weighted by atomic mass is 9.94. The molecule has 1 aromatic heterocycles. The molecule has 2 heterocycles. The van der Waals surface area contributed by atoms with Crippen LogP contribution in [0, 0.1) is 6.92 Å². The van der Waals surface area contributed by atoms with Crippen LogP contribution in [-0.2, 0) is 11.4 Å². The number of hydrogen-bond acceptors (Lipinski definition) is 5. The molecule has 8 heteroatoms. The molecule has 7 nitrogen and oxygen atoms in total. The molecule has 0 spiro atoms. The van der Waals surface area contributed by atoms with Crippen molar-refractivity contribution in [2.45, 2.75) is 26.5 Å². The molecule has 35 heavy (non-hydrogen) atoms. The number of carbonyl (C=O) groups is 1. The molecule has 176 valence electrons.